The van der Waals surface area contributed by atoms with Crippen molar-refractivity contribution >= 4 is 50.0 Å². The lowest BCUT2D eigenvalue weighted by Gasteiger charge is -2.26. The van der Waals surface area contributed by atoms with E-state index >= 15 is 0 Å². The second-order valence-electron chi connectivity index (χ2n) is 12.7. The Labute approximate surface area is 269 Å². The maximum atomic E-state index is 14.0. The zero-order chi connectivity index (χ0) is 33.6. The van der Waals surface area contributed by atoms with E-state index in [1.54, 1.807) is 33.3 Å². The molecule has 0 bridgehead atoms. The van der Waals surface area contributed by atoms with Crippen molar-refractivity contribution in [2.45, 2.75) is 51.8 Å². The van der Waals surface area contributed by atoms with Crippen LogP contribution in [0.15, 0.2) is 48.9 Å². The minimum absolute atomic E-state index is 0.0866. The van der Waals surface area contributed by atoms with Gasteiger partial charge in [-0.2, -0.15) is 18.3 Å². The fourth-order valence-electron chi connectivity index (χ4n) is 6.61. The van der Waals surface area contributed by atoms with E-state index in [4.69, 9.17) is 0 Å². The number of halogens is 3. The van der Waals surface area contributed by atoms with Crippen LogP contribution < -0.4 is 5.32 Å². The third kappa shape index (κ3) is 5.33. The van der Waals surface area contributed by atoms with Crippen molar-refractivity contribution < 1.29 is 27.6 Å². The molecule has 0 aliphatic carbocycles. The summed E-state index contributed by atoms with van der Waals surface area (Å²) in [6.45, 7) is 6.74. The first-order chi connectivity index (χ1) is 22.1. The van der Waals surface area contributed by atoms with E-state index in [2.05, 4.69) is 26.6 Å². The first-order valence-corrected chi connectivity index (χ1v) is 17.4. The molecule has 2 amide bonds. The van der Waals surface area contributed by atoms with Crippen LogP contribution in [-0.2, 0) is 22.3 Å². The van der Waals surface area contributed by atoms with Gasteiger partial charge in [-0.05, 0) is 68.8 Å². The van der Waals surface area contributed by atoms with Gasteiger partial charge in [0.05, 0.1) is 16.6 Å². The number of aryl methyl sites for hydroxylation is 3. The molecule has 2 aliphatic heterocycles. The van der Waals surface area contributed by atoms with E-state index in [0.29, 0.717) is 22.3 Å². The number of nitrogens with one attached hydrogen (secondary N) is 1. The molecule has 10 nitrogen and oxygen atoms in total. The number of rotatable bonds is 6. The Bertz CT molecular complexity index is 2160. The molecule has 2 fully saturated rings. The number of hydrogen-bond acceptors (Lipinski definition) is 6. The Hall–Kier alpha value is -4.72. The molecule has 14 heteroatoms. The van der Waals surface area contributed by atoms with Crippen molar-refractivity contribution in [1.82, 2.24) is 29.0 Å². The molecule has 6 heterocycles. The summed E-state index contributed by atoms with van der Waals surface area (Å²) in [7, 11) is -1.24. The highest BCUT2D eigenvalue weighted by Crippen LogP contribution is 2.71. The summed E-state index contributed by atoms with van der Waals surface area (Å²) in [5.41, 5.74) is 4.54. The maximum Gasteiger partial charge on any atom is 0.433 e. The van der Waals surface area contributed by atoms with Gasteiger partial charge in [0.2, 0.25) is 11.8 Å². The molecule has 3 atom stereocenters. The normalized spacial score (nSPS) is 21.9. The molecule has 7 rings (SSSR count). The Balaban J connectivity index is 1.19. The maximum absolute atomic E-state index is 14.0. The third-order valence-corrected chi connectivity index (χ3v) is 12.5. The lowest BCUT2D eigenvalue weighted by atomic mass is 10.0. The smallest absolute Gasteiger partial charge is 0.337 e. The molecule has 1 N–H and O–H groups in total. The molecule has 0 saturated carbocycles. The molecule has 5 aromatic rings. The molecule has 0 spiro atoms. The van der Waals surface area contributed by atoms with Gasteiger partial charge >= 0.3 is 6.18 Å². The van der Waals surface area contributed by atoms with Gasteiger partial charge in [0.25, 0.3) is 0 Å². The highest BCUT2D eigenvalue weighted by molar-refractivity contribution is 8.39. The molecule has 4 aromatic heterocycles. The van der Waals surface area contributed by atoms with Gasteiger partial charge in [-0.1, -0.05) is 6.07 Å². The van der Waals surface area contributed by atoms with Gasteiger partial charge in [0, 0.05) is 52.7 Å². The van der Waals surface area contributed by atoms with E-state index in [1.807, 2.05) is 38.2 Å². The molecule has 244 valence electrons. The largest absolute Gasteiger partial charge is 0.433 e. The van der Waals surface area contributed by atoms with Gasteiger partial charge in [-0.3, -0.25) is 14.4 Å². The fraction of sp³-hybridized carbons (Fsp3) is 0.333. The Kier molecular flexibility index (Phi) is 7.01. The topological polar surface area (TPSA) is 114 Å². The van der Waals surface area contributed by atoms with Crippen LogP contribution in [0.1, 0.15) is 39.8 Å². The number of alkyl halides is 3. The van der Waals surface area contributed by atoms with Crippen LogP contribution in [-0.4, -0.2) is 75.8 Å². The Morgan fingerprint density at radius 2 is 1.79 bits per heavy atom. The quantitative estimate of drug-likeness (QED) is 0.189. The van der Waals surface area contributed by atoms with Gasteiger partial charge in [-0.25, -0.2) is 24.5 Å². The summed E-state index contributed by atoms with van der Waals surface area (Å²) in [5, 5.41) is 7.64. The summed E-state index contributed by atoms with van der Waals surface area (Å²) in [6.07, 6.45) is 2.74. The van der Waals surface area contributed by atoms with Crippen molar-refractivity contribution in [2.24, 2.45) is 0 Å². The number of fused-ring (bicyclic) bond motifs is 3. The summed E-state index contributed by atoms with van der Waals surface area (Å²) >= 11 is 0. The van der Waals surface area contributed by atoms with Crippen LogP contribution in [0, 0.1) is 20.8 Å². The van der Waals surface area contributed by atoms with Crippen molar-refractivity contribution in [1.29, 1.82) is 0 Å². The molecular formula is C33H32F3N7O3S. The number of nitrogens with zero attached hydrogens (tertiary/aromatic N) is 6. The van der Waals surface area contributed by atoms with E-state index in [1.165, 1.54) is 13.0 Å². The Morgan fingerprint density at radius 1 is 1.02 bits per heavy atom. The van der Waals surface area contributed by atoms with Gasteiger partial charge < -0.3 is 14.8 Å². The van der Waals surface area contributed by atoms with E-state index < -0.39 is 33.8 Å². The molecule has 2 aliphatic rings. The third-order valence-electron chi connectivity index (χ3n) is 9.09. The number of carbonyl (C=O) groups is 3. The van der Waals surface area contributed by atoms with Crippen LogP contribution in [0.25, 0.3) is 27.7 Å². The summed E-state index contributed by atoms with van der Waals surface area (Å²) in [5.74, 6) is 0.0889. The van der Waals surface area contributed by atoms with Crippen LogP contribution in [0.2, 0.25) is 0 Å². The highest BCUT2D eigenvalue weighted by Gasteiger charge is 2.61. The molecular weight excluding hydrogens is 631 g/mol. The minimum Gasteiger partial charge on any atom is -0.337 e. The predicted octanol–water partition coefficient (Wildman–Crippen LogP) is 5.52. The summed E-state index contributed by atoms with van der Waals surface area (Å²) in [4.78, 5) is 50.2. The number of carbonyl (C=O) groups excluding carboxylic acids is 3. The number of amides is 2. The van der Waals surface area contributed by atoms with E-state index in [9.17, 15) is 27.6 Å². The minimum atomic E-state index is -4.66. The number of pyridine rings is 1. The second-order valence-corrected chi connectivity index (χ2v) is 16.6. The SMILES string of the molecule is CC(=O)c1cn(CC(=O)N2C3CS3(C)C[C@H]2C(=O)Nc2nc(C(F)(F)F)ccc2C)c2c(C)cc(-c3cnc4cc(C)nn4c3)cc12. The van der Waals surface area contributed by atoms with Crippen LogP contribution in [0.4, 0.5) is 19.0 Å². The molecule has 0 radical (unpaired) electrons. The van der Waals surface area contributed by atoms with Crippen molar-refractivity contribution in [3.63, 3.8) is 0 Å². The van der Waals surface area contributed by atoms with Crippen molar-refractivity contribution in [3.8, 4) is 11.1 Å². The lowest BCUT2D eigenvalue weighted by Crippen LogP contribution is -2.48. The molecule has 1 aromatic carbocycles. The number of hydrogen-bond donors (Lipinski definition) is 1. The number of Topliss-reactive ketones (excluding diaryl/α,β-unsaturated/α-hetero) is 1. The summed E-state index contributed by atoms with van der Waals surface area (Å²) < 4.78 is 43.4. The molecule has 2 unspecified atom stereocenters. The zero-order valence-electron chi connectivity index (χ0n) is 26.3. The fourth-order valence-corrected chi connectivity index (χ4v) is 10.2. The van der Waals surface area contributed by atoms with E-state index in [0.717, 1.165) is 45.4 Å². The van der Waals surface area contributed by atoms with Crippen LogP contribution in [0.3, 0.4) is 0 Å². The van der Waals surface area contributed by atoms with Crippen LogP contribution >= 0.6 is 10.0 Å². The van der Waals surface area contributed by atoms with Crippen molar-refractivity contribution in [2.75, 3.05) is 23.1 Å². The monoisotopic (exact) mass is 663 g/mol. The number of anilines is 1. The number of ketones is 1. The molecule has 47 heavy (non-hydrogen) atoms. The van der Waals surface area contributed by atoms with Gasteiger partial charge in [0.15, 0.2) is 11.4 Å². The Morgan fingerprint density at radius 3 is 2.51 bits per heavy atom. The molecule has 2 saturated heterocycles. The zero-order valence-corrected chi connectivity index (χ0v) is 27.2. The average molecular weight is 664 g/mol. The number of aromatic nitrogens is 5. The van der Waals surface area contributed by atoms with Gasteiger partial charge in [-0.15, -0.1) is 0 Å². The van der Waals surface area contributed by atoms with Gasteiger partial charge in [0.1, 0.15) is 24.1 Å². The lowest BCUT2D eigenvalue weighted by molar-refractivity contribution is -0.141. The highest BCUT2D eigenvalue weighted by atomic mass is 32.3. The standard InChI is InChI=1S/C33H32F3N7O3S/c1-17-6-7-26(33(34,35)36)38-31(17)39-32(46)25-15-47(5)16-29(47)43(25)28(45)14-41-13-24(20(4)44)23-10-21(8-18(2)30(23)41)22-11-37-27-9-19(3)40-42(27)12-22/h6-13,25,29H,14-16H2,1-5H3,(H,38,39,46)/t25-,29?/m0/s1. The predicted molar refractivity (Wildman–Crippen MR) is 174 cm³/mol. The van der Waals surface area contributed by atoms with Crippen molar-refractivity contribution in [3.05, 3.63) is 77.0 Å². The average Bonchev–Trinajstić information content (AvgIpc) is 3.26. The van der Waals surface area contributed by atoms with Crippen LogP contribution in [0.5, 0.6) is 0 Å². The second kappa shape index (κ2) is 10.7. The first kappa shape index (κ1) is 30.9. The number of benzene rings is 1. The first-order valence-electron chi connectivity index (χ1n) is 15.0. The summed E-state index contributed by atoms with van der Waals surface area (Å²) in [6, 6.07) is 7.06. The van der Waals surface area contributed by atoms with E-state index in [-0.39, 0.29) is 29.4 Å².